The molecule has 1 aliphatic rings. The van der Waals surface area contributed by atoms with E-state index in [1.807, 2.05) is 0 Å². The number of carbonyl (C=O) groups excluding carboxylic acids is 3. The van der Waals surface area contributed by atoms with Crippen LogP contribution < -0.4 is 16.0 Å². The number of benzene rings is 1. The van der Waals surface area contributed by atoms with Crippen molar-refractivity contribution in [2.24, 2.45) is 11.7 Å². The lowest BCUT2D eigenvalue weighted by Crippen LogP contribution is -2.54. The van der Waals surface area contributed by atoms with Gasteiger partial charge in [0.2, 0.25) is 5.91 Å². The molecule has 10 heteroatoms. The molecule has 29 heavy (non-hydrogen) atoms. The maximum atomic E-state index is 12.9. The van der Waals surface area contributed by atoms with E-state index in [-0.39, 0.29) is 25.0 Å². The number of anilines is 2. The maximum Gasteiger partial charge on any atom is 0.253 e. The number of halogens is 2. The Morgan fingerprint density at radius 3 is 2.41 bits per heavy atom. The van der Waals surface area contributed by atoms with Gasteiger partial charge < -0.3 is 20.7 Å². The van der Waals surface area contributed by atoms with Crippen LogP contribution >= 0.6 is 0 Å². The third-order valence-corrected chi connectivity index (χ3v) is 4.29. The second kappa shape index (κ2) is 10.3. The Labute approximate surface area is 168 Å². The summed E-state index contributed by atoms with van der Waals surface area (Å²) < 4.78 is 31.0. The molecule has 3 N–H and O–H groups in total. The van der Waals surface area contributed by atoms with Gasteiger partial charge in [0.05, 0.1) is 13.2 Å². The van der Waals surface area contributed by atoms with Gasteiger partial charge in [-0.2, -0.15) is 0 Å². The van der Waals surface area contributed by atoms with Gasteiger partial charge in [-0.05, 0) is 30.2 Å². The van der Waals surface area contributed by atoms with E-state index in [1.54, 1.807) is 43.0 Å². The highest BCUT2D eigenvalue weighted by atomic mass is 19.3. The van der Waals surface area contributed by atoms with E-state index in [9.17, 15) is 23.2 Å². The summed E-state index contributed by atoms with van der Waals surface area (Å²) in [6.45, 7) is 3.82. The molecule has 0 spiro atoms. The fourth-order valence-electron chi connectivity index (χ4n) is 3.13. The van der Waals surface area contributed by atoms with Gasteiger partial charge in [-0.3, -0.25) is 19.3 Å². The molecule has 0 bridgehead atoms. The smallest absolute Gasteiger partial charge is 0.253 e. The summed E-state index contributed by atoms with van der Waals surface area (Å²) in [5.41, 5.74) is 6.33. The molecule has 1 fully saturated rings. The zero-order chi connectivity index (χ0) is 21.6. The predicted molar refractivity (Wildman–Crippen MR) is 104 cm³/mol. The Kier molecular flexibility index (Phi) is 8.03. The lowest BCUT2D eigenvalue weighted by molar-refractivity contribution is -0.133. The number of alkyl halides is 2. The van der Waals surface area contributed by atoms with E-state index in [2.05, 4.69) is 5.32 Å². The number of morpholine rings is 1. The highest BCUT2D eigenvalue weighted by Crippen LogP contribution is 2.20. The molecule has 1 aromatic carbocycles. The van der Waals surface area contributed by atoms with Crippen LogP contribution in [0.2, 0.25) is 0 Å². The van der Waals surface area contributed by atoms with Crippen molar-refractivity contribution < 1.29 is 27.9 Å². The quantitative estimate of drug-likeness (QED) is 0.591. The molecule has 1 atom stereocenters. The van der Waals surface area contributed by atoms with Gasteiger partial charge in [-0.25, -0.2) is 8.78 Å². The highest BCUT2D eigenvalue weighted by Gasteiger charge is 2.33. The molecule has 0 saturated carbocycles. The minimum Gasteiger partial charge on any atom is -0.370 e. The highest BCUT2D eigenvalue weighted by molar-refractivity contribution is 6.09. The van der Waals surface area contributed by atoms with Crippen LogP contribution in [0.4, 0.5) is 20.2 Å². The first-order chi connectivity index (χ1) is 13.7. The molecule has 1 heterocycles. The average Bonchev–Trinajstić information content (AvgIpc) is 2.61. The van der Waals surface area contributed by atoms with Crippen molar-refractivity contribution in [3.05, 3.63) is 24.3 Å². The lowest BCUT2D eigenvalue weighted by atomic mass is 10.1. The van der Waals surface area contributed by atoms with E-state index in [4.69, 9.17) is 10.5 Å². The molecule has 0 aliphatic carbocycles. The lowest BCUT2D eigenvalue weighted by Gasteiger charge is -2.30. The minimum absolute atomic E-state index is 0.00853. The molecule has 8 nitrogen and oxygen atoms in total. The van der Waals surface area contributed by atoms with E-state index in [1.165, 1.54) is 0 Å². The number of nitrogens with zero attached hydrogens (tertiary/aromatic N) is 2. The Morgan fingerprint density at radius 2 is 1.90 bits per heavy atom. The summed E-state index contributed by atoms with van der Waals surface area (Å²) in [4.78, 5) is 39.0. The predicted octanol–water partition coefficient (Wildman–Crippen LogP) is 1.07. The number of primary amides is 1. The van der Waals surface area contributed by atoms with Crippen LogP contribution in [-0.2, 0) is 19.1 Å². The Bertz CT molecular complexity index is 717. The van der Waals surface area contributed by atoms with Crippen LogP contribution in [-0.4, -0.2) is 67.9 Å². The number of rotatable bonds is 9. The Balaban J connectivity index is 2.12. The first-order valence-corrected chi connectivity index (χ1v) is 9.29. The summed E-state index contributed by atoms with van der Waals surface area (Å²) in [5, 5.41) is 2.54. The largest absolute Gasteiger partial charge is 0.370 e. The van der Waals surface area contributed by atoms with Gasteiger partial charge >= 0.3 is 0 Å². The van der Waals surface area contributed by atoms with Gasteiger partial charge in [0.25, 0.3) is 18.2 Å². The number of hydrogen-bond acceptors (Lipinski definition) is 5. The molecular weight excluding hydrogens is 386 g/mol. The molecule has 160 valence electrons. The number of carbonyl (C=O) groups is 3. The Morgan fingerprint density at radius 1 is 1.24 bits per heavy atom. The van der Waals surface area contributed by atoms with E-state index >= 15 is 0 Å². The molecule has 0 radical (unpaired) electrons. The summed E-state index contributed by atoms with van der Waals surface area (Å²) in [6, 6.07) is 4.89. The summed E-state index contributed by atoms with van der Waals surface area (Å²) >= 11 is 0. The van der Waals surface area contributed by atoms with Gasteiger partial charge in [0.1, 0.15) is 6.61 Å². The second-order valence-electron chi connectivity index (χ2n) is 7.18. The van der Waals surface area contributed by atoms with Crippen LogP contribution in [0, 0.1) is 5.92 Å². The monoisotopic (exact) mass is 412 g/mol. The number of amides is 3. The molecule has 3 amide bonds. The van der Waals surface area contributed by atoms with E-state index in [0.717, 1.165) is 4.90 Å². The standard InChI is InChI=1S/C19H26F2N4O4/c1-12(2)9-24(10-15(20)21)17(18(22)27)19(28)23-13-3-5-14(6-4-13)25-7-8-29-11-16(25)26/h3-6,12,15,17H,7-11H2,1-2H3,(H2,22,27)(H,23,28)/t17-/m1/s1. The van der Waals surface area contributed by atoms with Crippen molar-refractivity contribution in [3.8, 4) is 0 Å². The van der Waals surface area contributed by atoms with E-state index < -0.39 is 30.8 Å². The zero-order valence-electron chi connectivity index (χ0n) is 16.4. The van der Waals surface area contributed by atoms with Crippen LogP contribution in [0.5, 0.6) is 0 Å². The van der Waals surface area contributed by atoms with Crippen molar-refractivity contribution in [3.63, 3.8) is 0 Å². The van der Waals surface area contributed by atoms with Gasteiger partial charge in [-0.1, -0.05) is 13.8 Å². The molecule has 0 unspecified atom stereocenters. The summed E-state index contributed by atoms with van der Waals surface area (Å²) in [7, 11) is 0. The third-order valence-electron chi connectivity index (χ3n) is 4.29. The third kappa shape index (κ3) is 6.47. The number of ether oxygens (including phenoxy) is 1. The van der Waals surface area contributed by atoms with Gasteiger partial charge in [-0.15, -0.1) is 0 Å². The van der Waals surface area contributed by atoms with Crippen LogP contribution in [0.3, 0.4) is 0 Å². The molecule has 1 aromatic rings. The molecule has 1 aliphatic heterocycles. The normalized spacial score (nSPS) is 15.8. The number of nitrogens with one attached hydrogen (secondary N) is 1. The molecular formula is C19H26F2N4O4. The first-order valence-electron chi connectivity index (χ1n) is 9.29. The van der Waals surface area contributed by atoms with Crippen LogP contribution in [0.25, 0.3) is 0 Å². The van der Waals surface area contributed by atoms with Crippen molar-refractivity contribution >= 4 is 29.1 Å². The average molecular weight is 412 g/mol. The fraction of sp³-hybridized carbons (Fsp3) is 0.526. The maximum absolute atomic E-state index is 12.9. The van der Waals surface area contributed by atoms with Gasteiger partial charge in [0, 0.05) is 24.5 Å². The van der Waals surface area contributed by atoms with Crippen LogP contribution in [0.1, 0.15) is 13.8 Å². The fourth-order valence-corrected chi connectivity index (χ4v) is 3.13. The van der Waals surface area contributed by atoms with Crippen molar-refractivity contribution in [2.45, 2.75) is 26.3 Å². The van der Waals surface area contributed by atoms with E-state index in [0.29, 0.717) is 24.5 Å². The van der Waals surface area contributed by atoms with Crippen LogP contribution in [0.15, 0.2) is 24.3 Å². The van der Waals surface area contributed by atoms with Crippen molar-refractivity contribution in [1.82, 2.24) is 4.90 Å². The summed E-state index contributed by atoms with van der Waals surface area (Å²) in [5.74, 6) is -2.00. The first kappa shape index (κ1) is 22.7. The minimum atomic E-state index is -2.71. The summed E-state index contributed by atoms with van der Waals surface area (Å²) in [6.07, 6.45) is -2.71. The van der Waals surface area contributed by atoms with Crippen molar-refractivity contribution in [2.75, 3.05) is 43.1 Å². The molecule has 2 rings (SSSR count). The molecule has 0 aromatic heterocycles. The Hall–Kier alpha value is -2.59. The SMILES string of the molecule is CC(C)CN(CC(F)F)[C@H](C(N)=O)C(=O)Nc1ccc(N2CCOCC2=O)cc1. The molecule has 1 saturated heterocycles. The number of nitrogens with two attached hydrogens (primary N) is 1. The second-order valence-corrected chi connectivity index (χ2v) is 7.18. The van der Waals surface area contributed by atoms with Crippen molar-refractivity contribution in [1.29, 1.82) is 0 Å². The van der Waals surface area contributed by atoms with Gasteiger partial charge in [0.15, 0.2) is 6.04 Å². The zero-order valence-corrected chi connectivity index (χ0v) is 16.4. The topological polar surface area (TPSA) is 105 Å². The number of hydrogen-bond donors (Lipinski definition) is 2.